The van der Waals surface area contributed by atoms with Crippen LogP contribution in [0.4, 0.5) is 0 Å². The molecule has 0 spiro atoms. The first kappa shape index (κ1) is 13.8. The van der Waals surface area contributed by atoms with Gasteiger partial charge in [0.25, 0.3) is 0 Å². The Bertz CT molecular complexity index is 153. The van der Waals surface area contributed by atoms with Gasteiger partial charge in [0.15, 0.2) is 0 Å². The van der Waals surface area contributed by atoms with Crippen molar-refractivity contribution in [3.05, 3.63) is 0 Å². The van der Waals surface area contributed by atoms with Crippen molar-refractivity contribution < 1.29 is 9.53 Å². The van der Waals surface area contributed by atoms with E-state index in [1.807, 2.05) is 18.7 Å². The number of nitrogens with zero attached hydrogens (tertiary/aromatic N) is 1. The number of ether oxygens (including phenoxy) is 1. The Balaban J connectivity index is 3.61. The van der Waals surface area contributed by atoms with Crippen molar-refractivity contribution in [2.45, 2.75) is 20.3 Å². The van der Waals surface area contributed by atoms with Gasteiger partial charge in [-0.2, -0.15) is 11.8 Å². The quantitative estimate of drug-likeness (QED) is 0.458. The smallest absolute Gasteiger partial charge is 0.320 e. The molecule has 0 heterocycles. The molecule has 14 heavy (non-hydrogen) atoms. The highest BCUT2D eigenvalue weighted by atomic mass is 32.2. The molecule has 0 saturated carbocycles. The highest BCUT2D eigenvalue weighted by Gasteiger charge is 2.08. The molecular formula is C10H21NO2S. The predicted molar refractivity (Wildman–Crippen MR) is 61.7 cm³/mol. The van der Waals surface area contributed by atoms with Gasteiger partial charge in [0.05, 0.1) is 13.2 Å². The van der Waals surface area contributed by atoms with E-state index in [4.69, 9.17) is 4.74 Å². The minimum absolute atomic E-state index is 0.112. The molecule has 0 rings (SSSR count). The summed E-state index contributed by atoms with van der Waals surface area (Å²) >= 11 is 1.84. The van der Waals surface area contributed by atoms with Crippen LogP contribution < -0.4 is 0 Å². The van der Waals surface area contributed by atoms with Crippen LogP contribution in [0.1, 0.15) is 20.3 Å². The number of rotatable bonds is 8. The van der Waals surface area contributed by atoms with Crippen LogP contribution >= 0.6 is 11.8 Å². The largest absolute Gasteiger partial charge is 0.465 e. The average molecular weight is 219 g/mol. The van der Waals surface area contributed by atoms with E-state index in [2.05, 4.69) is 18.1 Å². The molecule has 0 radical (unpaired) electrons. The molecule has 0 atom stereocenters. The van der Waals surface area contributed by atoms with Gasteiger partial charge in [0, 0.05) is 0 Å². The lowest BCUT2D eigenvalue weighted by Gasteiger charge is -2.18. The zero-order chi connectivity index (χ0) is 10.8. The van der Waals surface area contributed by atoms with E-state index in [-0.39, 0.29) is 5.97 Å². The molecular weight excluding hydrogens is 198 g/mol. The molecule has 0 unspecified atom stereocenters. The van der Waals surface area contributed by atoms with E-state index in [0.29, 0.717) is 13.2 Å². The Morgan fingerprint density at radius 1 is 1.43 bits per heavy atom. The lowest BCUT2D eigenvalue weighted by atomic mass is 10.4. The van der Waals surface area contributed by atoms with E-state index < -0.39 is 0 Å². The van der Waals surface area contributed by atoms with Crippen LogP contribution in [-0.2, 0) is 9.53 Å². The second-order valence-electron chi connectivity index (χ2n) is 3.02. The maximum absolute atomic E-state index is 11.2. The van der Waals surface area contributed by atoms with Crippen LogP contribution in [0.5, 0.6) is 0 Å². The molecule has 84 valence electrons. The second-order valence-corrected chi connectivity index (χ2v) is 4.01. The van der Waals surface area contributed by atoms with Gasteiger partial charge in [-0.1, -0.05) is 6.92 Å². The summed E-state index contributed by atoms with van der Waals surface area (Å²) in [5.41, 5.74) is 0. The number of thioether (sulfide) groups is 1. The highest BCUT2D eigenvalue weighted by molar-refractivity contribution is 7.98. The van der Waals surface area contributed by atoms with Gasteiger partial charge >= 0.3 is 5.97 Å². The van der Waals surface area contributed by atoms with E-state index in [1.165, 1.54) is 0 Å². The van der Waals surface area contributed by atoms with Crippen molar-refractivity contribution in [2.24, 2.45) is 0 Å². The Morgan fingerprint density at radius 3 is 2.64 bits per heavy atom. The zero-order valence-corrected chi connectivity index (χ0v) is 10.2. The Labute approximate surface area is 91.2 Å². The monoisotopic (exact) mass is 219 g/mol. The SMILES string of the molecule is CCOC(=O)CN(CC)CCCSC. The number of likely N-dealkylation sites (N-methyl/N-ethyl adjacent to an activating group) is 1. The third kappa shape index (κ3) is 7.21. The van der Waals surface area contributed by atoms with Gasteiger partial charge in [-0.25, -0.2) is 0 Å². The third-order valence-corrected chi connectivity index (χ3v) is 2.62. The Hall–Kier alpha value is -0.220. The molecule has 0 aromatic heterocycles. The van der Waals surface area contributed by atoms with E-state index in [0.717, 1.165) is 25.3 Å². The standard InChI is InChI=1S/C10H21NO2S/c1-4-11(7-6-8-14-3)9-10(12)13-5-2/h4-9H2,1-3H3. The van der Waals surface area contributed by atoms with Crippen molar-refractivity contribution in [1.29, 1.82) is 0 Å². The normalized spacial score (nSPS) is 10.6. The molecule has 0 bridgehead atoms. The lowest BCUT2D eigenvalue weighted by Crippen LogP contribution is -2.32. The summed E-state index contributed by atoms with van der Waals surface area (Å²) in [5.74, 6) is 1.04. The van der Waals surface area contributed by atoms with Gasteiger partial charge in [0.1, 0.15) is 0 Å². The molecule has 0 aliphatic heterocycles. The molecule has 0 aliphatic rings. The highest BCUT2D eigenvalue weighted by Crippen LogP contribution is 1.98. The summed E-state index contributed by atoms with van der Waals surface area (Å²) in [4.78, 5) is 13.3. The average Bonchev–Trinajstić information content (AvgIpc) is 2.17. The molecule has 0 aliphatic carbocycles. The molecule has 3 nitrogen and oxygen atoms in total. The first-order valence-electron chi connectivity index (χ1n) is 5.11. The first-order chi connectivity index (χ1) is 6.74. The second kappa shape index (κ2) is 9.34. The lowest BCUT2D eigenvalue weighted by molar-refractivity contribution is -0.144. The molecule has 0 amide bonds. The van der Waals surface area contributed by atoms with E-state index in [9.17, 15) is 4.79 Å². The van der Waals surface area contributed by atoms with E-state index in [1.54, 1.807) is 0 Å². The van der Waals surface area contributed by atoms with E-state index >= 15 is 0 Å². The zero-order valence-electron chi connectivity index (χ0n) is 9.41. The number of hydrogen-bond donors (Lipinski definition) is 0. The van der Waals surface area contributed by atoms with Crippen LogP contribution in [0.15, 0.2) is 0 Å². The summed E-state index contributed by atoms with van der Waals surface area (Å²) in [5, 5.41) is 0. The Kier molecular flexibility index (Phi) is 9.19. The summed E-state index contributed by atoms with van der Waals surface area (Å²) in [6.45, 7) is 6.70. The number of esters is 1. The van der Waals surface area contributed by atoms with Crippen LogP contribution in [0.25, 0.3) is 0 Å². The topological polar surface area (TPSA) is 29.5 Å². The minimum atomic E-state index is -0.112. The van der Waals surface area contributed by atoms with Crippen LogP contribution in [0.2, 0.25) is 0 Å². The number of carbonyl (C=O) groups excluding carboxylic acids is 1. The molecule has 4 heteroatoms. The maximum Gasteiger partial charge on any atom is 0.320 e. The van der Waals surface area contributed by atoms with Gasteiger partial charge in [-0.15, -0.1) is 0 Å². The van der Waals surface area contributed by atoms with Crippen molar-refractivity contribution in [3.63, 3.8) is 0 Å². The first-order valence-corrected chi connectivity index (χ1v) is 6.50. The third-order valence-electron chi connectivity index (χ3n) is 1.93. The molecule has 0 N–H and O–H groups in total. The van der Waals surface area contributed by atoms with Crippen LogP contribution in [0, 0.1) is 0 Å². The molecule has 0 aromatic rings. The summed E-state index contributed by atoms with van der Waals surface area (Å²) in [6.07, 6.45) is 3.23. The van der Waals surface area contributed by atoms with Gasteiger partial charge in [-0.3, -0.25) is 9.69 Å². The summed E-state index contributed by atoms with van der Waals surface area (Å²) < 4.78 is 4.89. The number of carbonyl (C=O) groups is 1. The fourth-order valence-electron chi connectivity index (χ4n) is 1.17. The van der Waals surface area contributed by atoms with Crippen molar-refractivity contribution in [3.8, 4) is 0 Å². The predicted octanol–water partition coefficient (Wildman–Crippen LogP) is 1.62. The summed E-state index contributed by atoms with van der Waals surface area (Å²) in [6, 6.07) is 0. The number of hydrogen-bond acceptors (Lipinski definition) is 4. The van der Waals surface area contributed by atoms with Crippen LogP contribution in [-0.4, -0.2) is 49.1 Å². The maximum atomic E-state index is 11.2. The van der Waals surface area contributed by atoms with Crippen molar-refractivity contribution >= 4 is 17.7 Å². The van der Waals surface area contributed by atoms with Gasteiger partial charge in [0.2, 0.25) is 0 Å². The molecule has 0 aromatic carbocycles. The van der Waals surface area contributed by atoms with Crippen molar-refractivity contribution in [1.82, 2.24) is 4.90 Å². The molecule has 0 saturated heterocycles. The van der Waals surface area contributed by atoms with Gasteiger partial charge in [-0.05, 0) is 38.4 Å². The minimum Gasteiger partial charge on any atom is -0.465 e. The Morgan fingerprint density at radius 2 is 2.14 bits per heavy atom. The van der Waals surface area contributed by atoms with Crippen LogP contribution in [0.3, 0.4) is 0 Å². The fourth-order valence-corrected chi connectivity index (χ4v) is 1.59. The molecule has 0 fully saturated rings. The van der Waals surface area contributed by atoms with Crippen molar-refractivity contribution in [2.75, 3.05) is 38.2 Å². The fraction of sp³-hybridized carbons (Fsp3) is 0.900. The van der Waals surface area contributed by atoms with Gasteiger partial charge < -0.3 is 4.74 Å². The summed E-state index contributed by atoms with van der Waals surface area (Å²) in [7, 11) is 0.